The summed E-state index contributed by atoms with van der Waals surface area (Å²) in [6, 6.07) is 8.26. The zero-order valence-corrected chi connectivity index (χ0v) is 13.1. The van der Waals surface area contributed by atoms with Gasteiger partial charge in [-0.2, -0.15) is 0 Å². The Balaban J connectivity index is 2.14. The van der Waals surface area contributed by atoms with Crippen molar-refractivity contribution < 1.29 is 14.6 Å². The lowest BCUT2D eigenvalue weighted by molar-refractivity contribution is -0.153. The molecule has 0 amide bonds. The summed E-state index contributed by atoms with van der Waals surface area (Å²) >= 11 is 0. The van der Waals surface area contributed by atoms with Gasteiger partial charge in [0.05, 0.1) is 12.5 Å². The van der Waals surface area contributed by atoms with E-state index in [9.17, 15) is 9.90 Å². The molecule has 0 bridgehead atoms. The molecular weight excluding hydrogens is 266 g/mol. The Kier molecular flexibility index (Phi) is 4.88. The number of carbonyl (C=O) groups is 1. The lowest BCUT2D eigenvalue weighted by Gasteiger charge is -2.42. The molecule has 1 saturated heterocycles. The Morgan fingerprint density at radius 1 is 1.43 bits per heavy atom. The second-order valence-corrected chi connectivity index (χ2v) is 5.96. The number of hydrogen-bond donors (Lipinski definition) is 1. The molecule has 1 aromatic rings. The summed E-state index contributed by atoms with van der Waals surface area (Å²) in [4.78, 5) is 13.9. The van der Waals surface area contributed by atoms with Crippen molar-refractivity contribution in [3.63, 3.8) is 0 Å². The summed E-state index contributed by atoms with van der Waals surface area (Å²) in [7, 11) is 1.66. The van der Waals surface area contributed by atoms with Gasteiger partial charge >= 0.3 is 5.97 Å². The second-order valence-electron chi connectivity index (χ2n) is 5.96. The molecule has 1 N–H and O–H groups in total. The zero-order chi connectivity index (χ0) is 15.5. The zero-order valence-electron chi connectivity index (χ0n) is 13.1. The molecule has 0 saturated carbocycles. The summed E-state index contributed by atoms with van der Waals surface area (Å²) in [5, 5.41) is 9.58. The average Bonchev–Trinajstić information content (AvgIpc) is 2.54. The fourth-order valence-electron chi connectivity index (χ4n) is 3.21. The molecule has 1 fully saturated rings. The third-order valence-corrected chi connectivity index (χ3v) is 4.88. The molecule has 2 unspecified atom stereocenters. The highest BCUT2D eigenvalue weighted by molar-refractivity contribution is 5.75. The van der Waals surface area contributed by atoms with E-state index >= 15 is 0 Å². The van der Waals surface area contributed by atoms with E-state index in [0.717, 1.165) is 25.1 Å². The topological polar surface area (TPSA) is 49.8 Å². The van der Waals surface area contributed by atoms with Gasteiger partial charge in [-0.15, -0.1) is 0 Å². The minimum absolute atomic E-state index is 0.224. The first-order chi connectivity index (χ1) is 10.0. The molecular formula is C17H25NO3. The number of rotatable bonds is 5. The van der Waals surface area contributed by atoms with Crippen LogP contribution in [0.3, 0.4) is 0 Å². The first-order valence-corrected chi connectivity index (χ1v) is 7.64. The van der Waals surface area contributed by atoms with Gasteiger partial charge in [0.15, 0.2) is 0 Å². The quantitative estimate of drug-likeness (QED) is 0.904. The normalized spacial score (nSPS) is 24.5. The predicted octanol–water partition coefficient (Wildman–Crippen LogP) is 3.33. The molecule has 1 aliphatic rings. The number of carboxylic acids is 1. The molecule has 2 atom stereocenters. The van der Waals surface area contributed by atoms with Crippen molar-refractivity contribution in [1.82, 2.24) is 4.90 Å². The van der Waals surface area contributed by atoms with Gasteiger partial charge in [0.2, 0.25) is 0 Å². The number of ether oxygens (including phenoxy) is 1. The standard InChI is InChI=1S/C17H25NO3/c1-4-17(16(19)20)10-5-11-18(12-17)13(2)14-6-8-15(21-3)9-7-14/h6-9,13H,4-5,10-12H2,1-3H3,(H,19,20). The summed E-state index contributed by atoms with van der Waals surface area (Å²) in [6.45, 7) is 5.72. The second kappa shape index (κ2) is 6.48. The van der Waals surface area contributed by atoms with Gasteiger partial charge in [-0.25, -0.2) is 0 Å². The number of nitrogens with zero attached hydrogens (tertiary/aromatic N) is 1. The van der Waals surface area contributed by atoms with Crippen LogP contribution in [-0.2, 0) is 4.79 Å². The Hall–Kier alpha value is -1.55. The van der Waals surface area contributed by atoms with E-state index in [4.69, 9.17) is 4.74 Å². The average molecular weight is 291 g/mol. The van der Waals surface area contributed by atoms with E-state index in [2.05, 4.69) is 24.0 Å². The van der Waals surface area contributed by atoms with E-state index in [1.54, 1.807) is 7.11 Å². The molecule has 0 radical (unpaired) electrons. The molecule has 1 heterocycles. The summed E-state index contributed by atoms with van der Waals surface area (Å²) in [5.74, 6) is 0.190. The number of benzene rings is 1. The third kappa shape index (κ3) is 3.21. The number of aliphatic carboxylic acids is 1. The van der Waals surface area contributed by atoms with Crippen LogP contribution in [-0.4, -0.2) is 36.2 Å². The van der Waals surface area contributed by atoms with Gasteiger partial charge in [-0.05, 0) is 50.4 Å². The van der Waals surface area contributed by atoms with E-state index in [0.29, 0.717) is 13.0 Å². The van der Waals surface area contributed by atoms with Crippen molar-refractivity contribution in [3.05, 3.63) is 29.8 Å². The SMILES string of the molecule is CCC1(C(=O)O)CCCN(C(C)c2ccc(OC)cc2)C1. The maximum Gasteiger partial charge on any atom is 0.310 e. The van der Waals surface area contributed by atoms with E-state index < -0.39 is 11.4 Å². The van der Waals surface area contributed by atoms with Crippen molar-refractivity contribution in [3.8, 4) is 5.75 Å². The molecule has 21 heavy (non-hydrogen) atoms. The Morgan fingerprint density at radius 2 is 2.10 bits per heavy atom. The van der Waals surface area contributed by atoms with E-state index in [1.807, 2.05) is 19.1 Å². The molecule has 0 spiro atoms. The van der Waals surface area contributed by atoms with E-state index in [-0.39, 0.29) is 6.04 Å². The number of carboxylic acid groups (broad SMARTS) is 1. The summed E-state index contributed by atoms with van der Waals surface area (Å²) < 4.78 is 5.19. The first kappa shape index (κ1) is 15.8. The largest absolute Gasteiger partial charge is 0.497 e. The predicted molar refractivity (Wildman–Crippen MR) is 82.6 cm³/mol. The Labute approximate surface area is 126 Å². The molecule has 116 valence electrons. The van der Waals surface area contributed by atoms with Gasteiger partial charge < -0.3 is 9.84 Å². The van der Waals surface area contributed by atoms with Crippen LogP contribution in [0.4, 0.5) is 0 Å². The van der Waals surface area contributed by atoms with Gasteiger partial charge in [-0.1, -0.05) is 19.1 Å². The fourth-order valence-corrected chi connectivity index (χ4v) is 3.21. The lowest BCUT2D eigenvalue weighted by Crippen LogP contribution is -2.48. The highest BCUT2D eigenvalue weighted by Gasteiger charge is 2.41. The van der Waals surface area contributed by atoms with Gasteiger partial charge in [0.1, 0.15) is 5.75 Å². The van der Waals surface area contributed by atoms with Crippen molar-refractivity contribution in [2.75, 3.05) is 20.2 Å². The van der Waals surface area contributed by atoms with Crippen LogP contribution < -0.4 is 4.74 Å². The monoisotopic (exact) mass is 291 g/mol. The third-order valence-electron chi connectivity index (χ3n) is 4.88. The Morgan fingerprint density at radius 3 is 2.62 bits per heavy atom. The van der Waals surface area contributed by atoms with Crippen molar-refractivity contribution in [2.45, 2.75) is 39.2 Å². The molecule has 4 heteroatoms. The molecule has 1 aromatic carbocycles. The minimum atomic E-state index is -0.656. The van der Waals surface area contributed by atoms with Gasteiger partial charge in [0, 0.05) is 12.6 Å². The van der Waals surface area contributed by atoms with E-state index in [1.165, 1.54) is 5.56 Å². The van der Waals surface area contributed by atoms with Crippen molar-refractivity contribution >= 4 is 5.97 Å². The van der Waals surface area contributed by atoms with Crippen molar-refractivity contribution in [2.24, 2.45) is 5.41 Å². The molecule has 0 aliphatic carbocycles. The molecule has 0 aromatic heterocycles. The number of likely N-dealkylation sites (tertiary alicyclic amines) is 1. The van der Waals surface area contributed by atoms with Crippen LogP contribution in [0.2, 0.25) is 0 Å². The maximum absolute atomic E-state index is 11.7. The Bertz CT molecular complexity index is 485. The van der Waals surface area contributed by atoms with Crippen LogP contribution >= 0.6 is 0 Å². The molecule has 4 nitrogen and oxygen atoms in total. The van der Waals surface area contributed by atoms with Crippen LogP contribution in [0.25, 0.3) is 0 Å². The van der Waals surface area contributed by atoms with Crippen LogP contribution in [0, 0.1) is 5.41 Å². The number of piperidine rings is 1. The summed E-state index contributed by atoms with van der Waals surface area (Å²) in [5.41, 5.74) is 0.618. The summed E-state index contributed by atoms with van der Waals surface area (Å²) in [6.07, 6.45) is 2.42. The highest BCUT2D eigenvalue weighted by Crippen LogP contribution is 2.37. The first-order valence-electron chi connectivity index (χ1n) is 7.64. The van der Waals surface area contributed by atoms with Crippen molar-refractivity contribution in [1.29, 1.82) is 0 Å². The van der Waals surface area contributed by atoms with Crippen LogP contribution in [0.15, 0.2) is 24.3 Å². The van der Waals surface area contributed by atoms with Crippen LogP contribution in [0.1, 0.15) is 44.7 Å². The molecule has 1 aliphatic heterocycles. The van der Waals surface area contributed by atoms with Gasteiger partial charge in [-0.3, -0.25) is 9.69 Å². The number of methoxy groups -OCH3 is 1. The van der Waals surface area contributed by atoms with Gasteiger partial charge in [0.25, 0.3) is 0 Å². The number of hydrogen-bond acceptors (Lipinski definition) is 3. The maximum atomic E-state index is 11.7. The van der Waals surface area contributed by atoms with Crippen LogP contribution in [0.5, 0.6) is 5.75 Å². The fraction of sp³-hybridized carbons (Fsp3) is 0.588. The molecule has 2 rings (SSSR count). The lowest BCUT2D eigenvalue weighted by atomic mass is 9.77. The minimum Gasteiger partial charge on any atom is -0.497 e. The smallest absolute Gasteiger partial charge is 0.310 e. The highest BCUT2D eigenvalue weighted by atomic mass is 16.5.